The average Bonchev–Trinajstić information content (AvgIpc) is 3.41. The minimum atomic E-state index is -0.891. The maximum absolute atomic E-state index is 13.8. The molecule has 1 atom stereocenters. The van der Waals surface area contributed by atoms with Gasteiger partial charge >= 0.3 is 0 Å². The quantitative estimate of drug-likeness (QED) is 0.308. The van der Waals surface area contributed by atoms with Crippen LogP contribution in [0.3, 0.4) is 0 Å². The molecular formula is C27H27FN4O4. The zero-order valence-corrected chi connectivity index (χ0v) is 19.9. The Bertz CT molecular complexity index is 1300. The summed E-state index contributed by atoms with van der Waals surface area (Å²) in [5, 5.41) is 18.1. The van der Waals surface area contributed by atoms with Crippen molar-refractivity contribution in [2.24, 2.45) is 0 Å². The molecule has 36 heavy (non-hydrogen) atoms. The number of carbonyl (C=O) groups is 2. The van der Waals surface area contributed by atoms with Crippen LogP contribution in [0.4, 0.5) is 4.39 Å². The van der Waals surface area contributed by atoms with Crippen LogP contribution in [0.5, 0.6) is 0 Å². The molecule has 0 saturated carbocycles. The topological polar surface area (TPSA) is 91.9 Å². The number of ether oxygens (including phenoxy) is 1. The Labute approximate surface area is 208 Å². The number of ketones is 1. The number of nitrogens with zero attached hydrogens (tertiary/aromatic N) is 3. The maximum Gasteiger partial charge on any atom is 0.295 e. The maximum atomic E-state index is 13.8. The van der Waals surface area contributed by atoms with Gasteiger partial charge in [-0.15, -0.1) is 0 Å². The Balaban J connectivity index is 1.55. The normalized spacial score (nSPS) is 20.3. The molecule has 0 aliphatic carbocycles. The second-order valence-corrected chi connectivity index (χ2v) is 9.03. The molecule has 0 spiro atoms. The number of aromatic nitrogens is 2. The van der Waals surface area contributed by atoms with Crippen molar-refractivity contribution < 1.29 is 28.7 Å². The van der Waals surface area contributed by atoms with E-state index in [-0.39, 0.29) is 11.1 Å². The number of benzene rings is 2. The summed E-state index contributed by atoms with van der Waals surface area (Å²) in [4.78, 5) is 29.1. The van der Waals surface area contributed by atoms with Crippen molar-refractivity contribution >= 4 is 17.4 Å². The monoisotopic (exact) mass is 490 g/mol. The molecule has 1 amide bonds. The number of para-hydroxylation sites is 1. The van der Waals surface area contributed by atoms with E-state index in [1.165, 1.54) is 40.3 Å². The van der Waals surface area contributed by atoms with Gasteiger partial charge < -0.3 is 19.6 Å². The van der Waals surface area contributed by atoms with Crippen molar-refractivity contribution in [1.29, 1.82) is 0 Å². The number of likely N-dealkylation sites (tertiary alicyclic amines) is 1. The van der Waals surface area contributed by atoms with E-state index in [9.17, 15) is 19.1 Å². The van der Waals surface area contributed by atoms with E-state index < -0.39 is 29.3 Å². The fraction of sp³-hybridized carbons (Fsp3) is 0.296. The Hall–Kier alpha value is -3.82. The second-order valence-electron chi connectivity index (χ2n) is 9.03. The highest BCUT2D eigenvalue weighted by Crippen LogP contribution is 2.39. The fourth-order valence-electron chi connectivity index (χ4n) is 4.89. The predicted octanol–water partition coefficient (Wildman–Crippen LogP) is 0.459. The molecule has 8 nitrogen and oxygen atoms in total. The van der Waals surface area contributed by atoms with Gasteiger partial charge in [-0.2, -0.15) is 5.10 Å². The van der Waals surface area contributed by atoms with Crippen LogP contribution >= 0.6 is 0 Å². The van der Waals surface area contributed by atoms with Gasteiger partial charge in [-0.3, -0.25) is 9.59 Å². The van der Waals surface area contributed by atoms with Crippen LogP contribution in [-0.2, 0) is 14.3 Å². The molecule has 1 N–H and O–H groups in total. The summed E-state index contributed by atoms with van der Waals surface area (Å²) >= 11 is 0. The van der Waals surface area contributed by atoms with Crippen LogP contribution in [0.2, 0.25) is 0 Å². The Kier molecular flexibility index (Phi) is 6.67. The number of halogens is 1. The molecule has 5 rings (SSSR count). The van der Waals surface area contributed by atoms with Crippen LogP contribution in [0, 0.1) is 12.7 Å². The number of quaternary nitrogens is 1. The van der Waals surface area contributed by atoms with E-state index in [0.29, 0.717) is 37.6 Å². The molecule has 2 aromatic carbocycles. The van der Waals surface area contributed by atoms with Gasteiger partial charge in [0.1, 0.15) is 18.9 Å². The first kappa shape index (κ1) is 23.9. The van der Waals surface area contributed by atoms with Crippen molar-refractivity contribution in [2.45, 2.75) is 13.0 Å². The zero-order valence-electron chi connectivity index (χ0n) is 19.9. The standard InChI is InChI=1S/C27H27FN4O4/c1-18-22(17-29-32(18)21-5-3-2-4-6-21)25(33)23-24(19-7-9-20(28)10-8-19)31(27(35)26(23)34)12-11-30-13-15-36-16-14-30/h2-10,17,24,33H,11-16H2,1H3/b25-23+. The van der Waals surface area contributed by atoms with Crippen LogP contribution in [0.25, 0.3) is 11.4 Å². The minimum Gasteiger partial charge on any atom is -0.872 e. The van der Waals surface area contributed by atoms with Crippen molar-refractivity contribution in [3.05, 3.63) is 89.0 Å². The second kappa shape index (κ2) is 10.0. The lowest BCUT2D eigenvalue weighted by atomic mass is 9.95. The van der Waals surface area contributed by atoms with Gasteiger partial charge in [0.2, 0.25) is 5.78 Å². The van der Waals surface area contributed by atoms with E-state index in [2.05, 4.69) is 5.10 Å². The Morgan fingerprint density at radius 2 is 1.81 bits per heavy atom. The molecular weight excluding hydrogens is 463 g/mol. The van der Waals surface area contributed by atoms with Crippen LogP contribution in [0.15, 0.2) is 66.4 Å². The number of morpholine rings is 1. The van der Waals surface area contributed by atoms with E-state index in [1.807, 2.05) is 30.3 Å². The number of Topliss-reactive ketones (excluding diaryl/α,β-unsaturated/α-hetero) is 1. The van der Waals surface area contributed by atoms with Crippen LogP contribution in [-0.4, -0.2) is 65.8 Å². The third-order valence-electron chi connectivity index (χ3n) is 6.88. The van der Waals surface area contributed by atoms with Crippen molar-refractivity contribution in [3.8, 4) is 5.69 Å². The number of rotatable bonds is 6. The Morgan fingerprint density at radius 3 is 2.50 bits per heavy atom. The van der Waals surface area contributed by atoms with E-state index in [0.717, 1.165) is 18.8 Å². The van der Waals surface area contributed by atoms with E-state index >= 15 is 0 Å². The van der Waals surface area contributed by atoms with Crippen LogP contribution in [0.1, 0.15) is 22.9 Å². The van der Waals surface area contributed by atoms with Gasteiger partial charge in [0.05, 0.1) is 44.2 Å². The molecule has 2 aliphatic rings. The predicted molar refractivity (Wildman–Crippen MR) is 127 cm³/mol. The lowest BCUT2D eigenvalue weighted by Crippen LogP contribution is -3.14. The number of hydrogen-bond acceptors (Lipinski definition) is 5. The SMILES string of the molecule is Cc1c(/C([O-])=C2\C(=O)C(=O)N(CC[NH+]3CCOCC3)C2c2ccc(F)cc2)cnn1-c1ccccc1. The highest BCUT2D eigenvalue weighted by molar-refractivity contribution is 6.46. The number of hydrogen-bond donors (Lipinski definition) is 1. The smallest absolute Gasteiger partial charge is 0.295 e. The van der Waals surface area contributed by atoms with Gasteiger partial charge in [-0.1, -0.05) is 36.1 Å². The summed E-state index contributed by atoms with van der Waals surface area (Å²) in [7, 11) is 0. The van der Waals surface area contributed by atoms with Gasteiger partial charge in [0, 0.05) is 16.8 Å². The Morgan fingerprint density at radius 1 is 1.11 bits per heavy atom. The van der Waals surface area contributed by atoms with E-state index in [4.69, 9.17) is 4.74 Å². The highest BCUT2D eigenvalue weighted by Gasteiger charge is 2.44. The lowest BCUT2D eigenvalue weighted by Gasteiger charge is -2.30. The van der Waals surface area contributed by atoms with Crippen molar-refractivity contribution in [2.75, 3.05) is 39.4 Å². The largest absolute Gasteiger partial charge is 0.872 e. The molecule has 3 heterocycles. The first-order chi connectivity index (χ1) is 17.5. The van der Waals surface area contributed by atoms with Gasteiger partial charge in [0.25, 0.3) is 5.91 Å². The molecule has 0 radical (unpaired) electrons. The molecule has 9 heteroatoms. The van der Waals surface area contributed by atoms with Crippen LogP contribution < -0.4 is 10.0 Å². The summed E-state index contributed by atoms with van der Waals surface area (Å²) in [6.07, 6.45) is 1.43. The number of carbonyl (C=O) groups excluding carboxylic acids is 2. The summed E-state index contributed by atoms with van der Waals surface area (Å²) < 4.78 is 20.7. The van der Waals surface area contributed by atoms with Gasteiger partial charge in [-0.25, -0.2) is 9.07 Å². The molecule has 3 aromatic rings. The fourth-order valence-corrected chi connectivity index (χ4v) is 4.89. The van der Waals surface area contributed by atoms with Gasteiger partial charge in [-0.05, 0) is 36.8 Å². The number of amides is 1. The van der Waals surface area contributed by atoms with E-state index in [1.54, 1.807) is 11.6 Å². The summed E-state index contributed by atoms with van der Waals surface area (Å²) in [6, 6.07) is 14.0. The number of nitrogens with one attached hydrogen (secondary N) is 1. The average molecular weight is 491 g/mol. The molecule has 2 fully saturated rings. The molecule has 1 unspecified atom stereocenters. The first-order valence-corrected chi connectivity index (χ1v) is 12.0. The summed E-state index contributed by atoms with van der Waals surface area (Å²) in [5.74, 6) is -2.51. The first-order valence-electron chi connectivity index (χ1n) is 12.0. The van der Waals surface area contributed by atoms with Crippen molar-refractivity contribution in [3.63, 3.8) is 0 Å². The zero-order chi connectivity index (χ0) is 25.2. The van der Waals surface area contributed by atoms with Crippen molar-refractivity contribution in [1.82, 2.24) is 14.7 Å². The summed E-state index contributed by atoms with van der Waals surface area (Å²) in [6.45, 7) is 5.57. The molecule has 1 aromatic heterocycles. The molecule has 186 valence electrons. The molecule has 2 aliphatic heterocycles. The molecule has 2 saturated heterocycles. The highest BCUT2D eigenvalue weighted by atomic mass is 19.1. The molecule has 0 bridgehead atoms. The lowest BCUT2D eigenvalue weighted by molar-refractivity contribution is -0.907. The minimum absolute atomic E-state index is 0.126. The third-order valence-corrected chi connectivity index (χ3v) is 6.88. The third kappa shape index (κ3) is 4.43. The summed E-state index contributed by atoms with van der Waals surface area (Å²) in [5.41, 5.74) is 1.98. The van der Waals surface area contributed by atoms with Gasteiger partial charge in [0.15, 0.2) is 0 Å².